The van der Waals surface area contributed by atoms with Crippen LogP contribution in [0.4, 0.5) is 4.79 Å². The molecule has 0 aromatic heterocycles. The zero-order chi connectivity index (χ0) is 21.8. The van der Waals surface area contributed by atoms with E-state index in [4.69, 9.17) is 13.9 Å². The molecule has 1 aromatic carbocycles. The second-order valence-electron chi connectivity index (χ2n) is 8.44. The quantitative estimate of drug-likeness (QED) is 0.412. The maximum atomic E-state index is 12.7. The van der Waals surface area contributed by atoms with Crippen LogP contribution in [0.15, 0.2) is 42.0 Å². The van der Waals surface area contributed by atoms with E-state index in [9.17, 15) is 14.4 Å². The molecule has 158 valence electrons. The zero-order valence-electron chi connectivity index (χ0n) is 17.9. The Hall–Kier alpha value is -2.45. The molecule has 0 bridgehead atoms. The van der Waals surface area contributed by atoms with Crippen molar-refractivity contribution in [3.05, 3.63) is 47.5 Å². The molecule has 1 aliphatic heterocycles. The highest BCUT2D eigenvalue weighted by Crippen LogP contribution is 2.38. The lowest BCUT2D eigenvalue weighted by molar-refractivity contribution is -0.144. The summed E-state index contributed by atoms with van der Waals surface area (Å²) in [6, 6.07) is 9.14. The van der Waals surface area contributed by atoms with E-state index in [0.29, 0.717) is 0 Å². The Balaban J connectivity index is 2.25. The van der Waals surface area contributed by atoms with Crippen molar-refractivity contribution in [3.63, 3.8) is 0 Å². The molecule has 0 radical (unpaired) electrons. The van der Waals surface area contributed by atoms with E-state index in [0.717, 1.165) is 10.5 Å². The average Bonchev–Trinajstić information content (AvgIpc) is 2.66. The minimum Gasteiger partial charge on any atom is -0.457 e. The standard InChI is InChI=1S/C21H29NO6Si/c1-21(2,3)29(5,6)28-16-12-17(18(23)22(13-16)20(25)26-4)19(24)27-14-15-10-8-7-9-11-15/h7-12,16H,13-14H2,1-6H3. The van der Waals surface area contributed by atoms with Gasteiger partial charge in [-0.1, -0.05) is 51.1 Å². The largest absolute Gasteiger partial charge is 0.457 e. The van der Waals surface area contributed by atoms with E-state index in [1.54, 1.807) is 0 Å². The number of methoxy groups -OCH3 is 1. The molecule has 2 amide bonds. The summed E-state index contributed by atoms with van der Waals surface area (Å²) in [5, 5.41) is -0.0770. The van der Waals surface area contributed by atoms with Gasteiger partial charge < -0.3 is 13.9 Å². The number of imide groups is 1. The molecule has 1 aromatic rings. The first kappa shape index (κ1) is 22.8. The van der Waals surface area contributed by atoms with Crippen LogP contribution in [-0.4, -0.2) is 50.9 Å². The highest BCUT2D eigenvalue weighted by Gasteiger charge is 2.43. The Morgan fingerprint density at radius 1 is 1.17 bits per heavy atom. The molecule has 1 atom stereocenters. The number of nitrogens with zero attached hydrogens (tertiary/aromatic N) is 1. The maximum absolute atomic E-state index is 12.7. The van der Waals surface area contributed by atoms with Crippen molar-refractivity contribution in [1.82, 2.24) is 4.90 Å². The van der Waals surface area contributed by atoms with Crippen molar-refractivity contribution in [2.45, 2.75) is 51.6 Å². The number of rotatable bonds is 5. The van der Waals surface area contributed by atoms with Gasteiger partial charge in [-0.05, 0) is 29.8 Å². The van der Waals surface area contributed by atoms with Crippen LogP contribution < -0.4 is 0 Å². The first-order valence-electron chi connectivity index (χ1n) is 9.47. The van der Waals surface area contributed by atoms with E-state index in [1.165, 1.54) is 13.2 Å². The van der Waals surface area contributed by atoms with Gasteiger partial charge in [0, 0.05) is 0 Å². The van der Waals surface area contributed by atoms with Crippen molar-refractivity contribution in [2.24, 2.45) is 0 Å². The molecule has 2 rings (SSSR count). The fourth-order valence-electron chi connectivity index (χ4n) is 2.57. The van der Waals surface area contributed by atoms with E-state index < -0.39 is 32.4 Å². The van der Waals surface area contributed by atoms with Crippen LogP contribution in [0.1, 0.15) is 26.3 Å². The van der Waals surface area contributed by atoms with Crippen LogP contribution in [0, 0.1) is 0 Å². The molecule has 29 heavy (non-hydrogen) atoms. The average molecular weight is 420 g/mol. The molecule has 0 saturated heterocycles. The third-order valence-electron chi connectivity index (χ3n) is 5.27. The van der Waals surface area contributed by atoms with E-state index in [-0.39, 0.29) is 23.8 Å². The smallest absolute Gasteiger partial charge is 0.416 e. The van der Waals surface area contributed by atoms with Crippen molar-refractivity contribution < 1.29 is 28.3 Å². The zero-order valence-corrected chi connectivity index (χ0v) is 18.9. The highest BCUT2D eigenvalue weighted by atomic mass is 28.4. The van der Waals surface area contributed by atoms with Gasteiger partial charge in [-0.25, -0.2) is 14.5 Å². The number of carbonyl (C=O) groups excluding carboxylic acids is 3. The maximum Gasteiger partial charge on any atom is 0.416 e. The first-order chi connectivity index (χ1) is 13.5. The normalized spacial score (nSPS) is 17.6. The molecule has 0 saturated carbocycles. The van der Waals surface area contributed by atoms with Gasteiger partial charge in [-0.15, -0.1) is 0 Å². The first-order valence-corrected chi connectivity index (χ1v) is 12.4. The molecular formula is C21H29NO6Si. The third kappa shape index (κ3) is 5.54. The Morgan fingerprint density at radius 3 is 2.34 bits per heavy atom. The highest BCUT2D eigenvalue weighted by molar-refractivity contribution is 6.74. The number of hydrogen-bond acceptors (Lipinski definition) is 6. The molecular weight excluding hydrogens is 390 g/mol. The molecule has 0 fully saturated rings. The van der Waals surface area contributed by atoms with Gasteiger partial charge in [0.05, 0.1) is 19.8 Å². The summed E-state index contributed by atoms with van der Waals surface area (Å²) < 4.78 is 16.3. The van der Waals surface area contributed by atoms with Gasteiger partial charge in [-0.3, -0.25) is 4.79 Å². The van der Waals surface area contributed by atoms with Gasteiger partial charge in [0.25, 0.3) is 5.91 Å². The molecule has 1 unspecified atom stereocenters. The van der Waals surface area contributed by atoms with E-state index in [1.807, 2.05) is 30.3 Å². The second kappa shape index (κ2) is 8.92. The van der Waals surface area contributed by atoms with E-state index >= 15 is 0 Å². The van der Waals surface area contributed by atoms with Crippen molar-refractivity contribution in [3.8, 4) is 0 Å². The number of amides is 2. The van der Waals surface area contributed by atoms with Crippen LogP contribution in [0.25, 0.3) is 0 Å². The van der Waals surface area contributed by atoms with Crippen molar-refractivity contribution >= 4 is 26.3 Å². The number of ether oxygens (including phenoxy) is 2. The van der Waals surface area contributed by atoms with Crippen LogP contribution in [-0.2, 0) is 30.1 Å². The van der Waals surface area contributed by atoms with Gasteiger partial charge in [0.1, 0.15) is 12.2 Å². The van der Waals surface area contributed by atoms with Crippen LogP contribution in [0.2, 0.25) is 18.1 Å². The summed E-state index contributed by atoms with van der Waals surface area (Å²) >= 11 is 0. The van der Waals surface area contributed by atoms with Crippen molar-refractivity contribution in [2.75, 3.05) is 13.7 Å². The Bertz CT molecular complexity index is 797. The lowest BCUT2D eigenvalue weighted by Gasteiger charge is -2.40. The molecule has 8 heteroatoms. The van der Waals surface area contributed by atoms with Crippen LogP contribution in [0.5, 0.6) is 0 Å². The summed E-state index contributed by atoms with van der Waals surface area (Å²) in [5.74, 6) is -1.54. The summed E-state index contributed by atoms with van der Waals surface area (Å²) in [7, 11) is -1.03. The number of carbonyl (C=O) groups is 3. The Morgan fingerprint density at radius 2 is 1.79 bits per heavy atom. The summed E-state index contributed by atoms with van der Waals surface area (Å²) in [4.78, 5) is 38.3. The Kier molecular flexibility index (Phi) is 7.02. The number of benzene rings is 1. The van der Waals surface area contributed by atoms with E-state index in [2.05, 4.69) is 33.9 Å². The number of hydrogen-bond donors (Lipinski definition) is 0. The lowest BCUT2D eigenvalue weighted by Crippen LogP contribution is -2.52. The summed E-state index contributed by atoms with van der Waals surface area (Å²) in [5.41, 5.74) is 0.574. The minimum atomic E-state index is -2.21. The van der Waals surface area contributed by atoms with Gasteiger partial charge in [-0.2, -0.15) is 0 Å². The fraction of sp³-hybridized carbons (Fsp3) is 0.476. The SMILES string of the molecule is COC(=O)N1CC(O[Si](C)(C)C(C)(C)C)C=C(C(=O)OCc2ccccc2)C1=O. The third-order valence-corrected chi connectivity index (χ3v) is 9.77. The molecule has 0 N–H and O–H groups in total. The molecule has 1 heterocycles. The Labute approximate surface area is 172 Å². The van der Waals surface area contributed by atoms with Crippen molar-refractivity contribution in [1.29, 1.82) is 0 Å². The molecule has 7 nitrogen and oxygen atoms in total. The predicted molar refractivity (Wildman–Crippen MR) is 111 cm³/mol. The monoisotopic (exact) mass is 419 g/mol. The lowest BCUT2D eigenvalue weighted by atomic mass is 10.1. The summed E-state index contributed by atoms with van der Waals surface area (Å²) in [6.45, 7) is 10.4. The second-order valence-corrected chi connectivity index (χ2v) is 13.2. The molecule has 1 aliphatic rings. The fourth-order valence-corrected chi connectivity index (χ4v) is 3.82. The van der Waals surface area contributed by atoms with Gasteiger partial charge >= 0.3 is 12.1 Å². The molecule has 0 aliphatic carbocycles. The topological polar surface area (TPSA) is 82.1 Å². The minimum absolute atomic E-state index is 0.00647. The van der Waals surface area contributed by atoms with Crippen LogP contribution in [0.3, 0.4) is 0 Å². The summed E-state index contributed by atoms with van der Waals surface area (Å²) in [6.07, 6.45) is 0.0301. The van der Waals surface area contributed by atoms with Gasteiger partial charge in [0.15, 0.2) is 8.32 Å². The van der Waals surface area contributed by atoms with Gasteiger partial charge in [0.2, 0.25) is 0 Å². The van der Waals surface area contributed by atoms with Crippen LogP contribution >= 0.6 is 0 Å². The predicted octanol–water partition coefficient (Wildman–Crippen LogP) is 3.66. The number of esters is 1. The molecule has 0 spiro atoms.